The molecule has 2 aromatic rings. The second-order valence-corrected chi connectivity index (χ2v) is 4.19. The van der Waals surface area contributed by atoms with E-state index in [9.17, 15) is 4.39 Å². The Morgan fingerprint density at radius 1 is 1.35 bits per heavy atom. The molecular weight excluding hydrogens is 217 g/mol. The maximum atomic E-state index is 13.1. The Hall–Kier alpha value is -1.61. The molecule has 0 radical (unpaired) electrons. The fourth-order valence-corrected chi connectivity index (χ4v) is 1.73. The lowest BCUT2D eigenvalue weighted by Gasteiger charge is -2.12. The van der Waals surface area contributed by atoms with Gasteiger partial charge in [-0.3, -0.25) is 0 Å². The van der Waals surface area contributed by atoms with Crippen LogP contribution in [0.1, 0.15) is 29.9 Å². The summed E-state index contributed by atoms with van der Waals surface area (Å²) in [6, 6.07) is 8.75. The maximum absolute atomic E-state index is 13.1. The van der Waals surface area contributed by atoms with E-state index in [1.807, 2.05) is 26.0 Å². The third-order valence-electron chi connectivity index (χ3n) is 2.88. The molecule has 0 aliphatic rings. The molecule has 0 bridgehead atoms. The van der Waals surface area contributed by atoms with Crippen molar-refractivity contribution in [2.45, 2.75) is 26.4 Å². The van der Waals surface area contributed by atoms with Crippen LogP contribution in [0, 0.1) is 12.7 Å². The SMILES string of the molecule is Cc1ccc(F)cc1CNC(C)c1ccco1. The molecule has 2 rings (SSSR count). The van der Waals surface area contributed by atoms with Gasteiger partial charge in [-0.2, -0.15) is 0 Å². The zero-order valence-corrected chi connectivity index (χ0v) is 10.0. The van der Waals surface area contributed by atoms with Crippen molar-refractivity contribution < 1.29 is 8.81 Å². The summed E-state index contributed by atoms with van der Waals surface area (Å²) in [4.78, 5) is 0. The Morgan fingerprint density at radius 2 is 2.18 bits per heavy atom. The molecule has 0 amide bonds. The fraction of sp³-hybridized carbons (Fsp3) is 0.286. The Kier molecular flexibility index (Phi) is 3.59. The van der Waals surface area contributed by atoms with Crippen LogP contribution in [0.25, 0.3) is 0 Å². The van der Waals surface area contributed by atoms with Crippen LogP contribution in [0.2, 0.25) is 0 Å². The lowest BCUT2D eigenvalue weighted by atomic mass is 10.1. The fourth-order valence-electron chi connectivity index (χ4n) is 1.73. The van der Waals surface area contributed by atoms with Crippen LogP contribution in [-0.2, 0) is 6.54 Å². The smallest absolute Gasteiger partial charge is 0.123 e. The summed E-state index contributed by atoms with van der Waals surface area (Å²) < 4.78 is 18.4. The molecule has 0 fully saturated rings. The van der Waals surface area contributed by atoms with E-state index in [0.29, 0.717) is 6.54 Å². The quantitative estimate of drug-likeness (QED) is 0.873. The first-order chi connectivity index (χ1) is 8.16. The van der Waals surface area contributed by atoms with Gasteiger partial charge in [-0.25, -0.2) is 4.39 Å². The summed E-state index contributed by atoms with van der Waals surface area (Å²) in [5, 5.41) is 3.31. The molecule has 1 aromatic carbocycles. The van der Waals surface area contributed by atoms with Gasteiger partial charge in [0, 0.05) is 6.54 Å². The Morgan fingerprint density at radius 3 is 2.88 bits per heavy atom. The van der Waals surface area contributed by atoms with E-state index in [1.165, 1.54) is 6.07 Å². The molecule has 2 nitrogen and oxygen atoms in total. The van der Waals surface area contributed by atoms with Crippen LogP contribution in [0.15, 0.2) is 41.0 Å². The number of benzene rings is 1. The van der Waals surface area contributed by atoms with E-state index < -0.39 is 0 Å². The molecule has 0 saturated carbocycles. The monoisotopic (exact) mass is 233 g/mol. The zero-order chi connectivity index (χ0) is 12.3. The van der Waals surface area contributed by atoms with Gasteiger partial charge in [-0.15, -0.1) is 0 Å². The summed E-state index contributed by atoms with van der Waals surface area (Å²) >= 11 is 0. The first kappa shape index (κ1) is 11.9. The Labute approximate surface area is 100 Å². The zero-order valence-electron chi connectivity index (χ0n) is 10.0. The van der Waals surface area contributed by atoms with Crippen LogP contribution < -0.4 is 5.32 Å². The lowest BCUT2D eigenvalue weighted by Crippen LogP contribution is -2.18. The van der Waals surface area contributed by atoms with Crippen molar-refractivity contribution in [2.24, 2.45) is 0 Å². The van der Waals surface area contributed by atoms with Crippen LogP contribution in [0.5, 0.6) is 0 Å². The van der Waals surface area contributed by atoms with Crippen molar-refractivity contribution in [2.75, 3.05) is 0 Å². The van der Waals surface area contributed by atoms with Gasteiger partial charge in [-0.05, 0) is 49.2 Å². The highest BCUT2D eigenvalue weighted by Crippen LogP contribution is 2.15. The molecule has 1 unspecified atom stereocenters. The van der Waals surface area contributed by atoms with Gasteiger partial charge in [0.15, 0.2) is 0 Å². The average Bonchev–Trinajstić information content (AvgIpc) is 2.83. The van der Waals surface area contributed by atoms with E-state index in [0.717, 1.165) is 16.9 Å². The topological polar surface area (TPSA) is 25.2 Å². The summed E-state index contributed by atoms with van der Waals surface area (Å²) in [6.45, 7) is 4.63. The minimum absolute atomic E-state index is 0.118. The summed E-state index contributed by atoms with van der Waals surface area (Å²) in [5.41, 5.74) is 2.06. The highest BCUT2D eigenvalue weighted by Gasteiger charge is 2.08. The Balaban J connectivity index is 2.00. The number of furan rings is 1. The number of hydrogen-bond donors (Lipinski definition) is 1. The molecule has 0 saturated heterocycles. The van der Waals surface area contributed by atoms with Crippen LogP contribution in [0.3, 0.4) is 0 Å². The van der Waals surface area contributed by atoms with Gasteiger partial charge < -0.3 is 9.73 Å². The molecule has 0 aliphatic heterocycles. The molecule has 1 atom stereocenters. The predicted molar refractivity (Wildman–Crippen MR) is 65.1 cm³/mol. The highest BCUT2D eigenvalue weighted by molar-refractivity contribution is 5.26. The van der Waals surface area contributed by atoms with Crippen molar-refractivity contribution in [1.82, 2.24) is 5.32 Å². The van der Waals surface area contributed by atoms with Gasteiger partial charge in [0.2, 0.25) is 0 Å². The van der Waals surface area contributed by atoms with E-state index in [2.05, 4.69) is 5.32 Å². The number of rotatable bonds is 4. The normalized spacial score (nSPS) is 12.6. The van der Waals surface area contributed by atoms with Crippen molar-refractivity contribution in [3.63, 3.8) is 0 Å². The number of aryl methyl sites for hydroxylation is 1. The van der Waals surface area contributed by atoms with E-state index in [4.69, 9.17) is 4.42 Å². The van der Waals surface area contributed by atoms with Gasteiger partial charge in [-0.1, -0.05) is 6.07 Å². The van der Waals surface area contributed by atoms with Crippen LogP contribution >= 0.6 is 0 Å². The van der Waals surface area contributed by atoms with Crippen molar-refractivity contribution in [3.05, 3.63) is 59.3 Å². The van der Waals surface area contributed by atoms with Crippen molar-refractivity contribution in [3.8, 4) is 0 Å². The van der Waals surface area contributed by atoms with Crippen molar-refractivity contribution >= 4 is 0 Å². The number of nitrogens with one attached hydrogen (secondary N) is 1. The molecule has 1 N–H and O–H groups in total. The molecule has 0 spiro atoms. The number of hydrogen-bond acceptors (Lipinski definition) is 2. The molecular formula is C14H16FNO. The highest BCUT2D eigenvalue weighted by atomic mass is 19.1. The molecule has 90 valence electrons. The van der Waals surface area contributed by atoms with Gasteiger partial charge in [0.25, 0.3) is 0 Å². The van der Waals surface area contributed by atoms with Crippen molar-refractivity contribution in [1.29, 1.82) is 0 Å². The standard InChI is InChI=1S/C14H16FNO/c1-10-5-6-13(15)8-12(10)9-16-11(2)14-4-3-7-17-14/h3-8,11,16H,9H2,1-2H3. The van der Waals surface area contributed by atoms with Crippen LogP contribution in [-0.4, -0.2) is 0 Å². The first-order valence-corrected chi connectivity index (χ1v) is 5.68. The molecule has 3 heteroatoms. The molecule has 17 heavy (non-hydrogen) atoms. The maximum Gasteiger partial charge on any atom is 0.123 e. The van der Waals surface area contributed by atoms with Crippen LogP contribution in [0.4, 0.5) is 4.39 Å². The summed E-state index contributed by atoms with van der Waals surface area (Å²) in [6.07, 6.45) is 1.65. The Bertz CT molecular complexity index is 479. The second-order valence-electron chi connectivity index (χ2n) is 4.19. The largest absolute Gasteiger partial charge is 0.468 e. The lowest BCUT2D eigenvalue weighted by molar-refractivity contribution is 0.429. The van der Waals surface area contributed by atoms with Gasteiger partial charge in [0.05, 0.1) is 12.3 Å². The van der Waals surface area contributed by atoms with E-state index in [1.54, 1.807) is 18.4 Å². The summed E-state index contributed by atoms with van der Waals surface area (Å²) in [7, 11) is 0. The second kappa shape index (κ2) is 5.15. The first-order valence-electron chi connectivity index (χ1n) is 5.68. The molecule has 1 heterocycles. The minimum atomic E-state index is -0.196. The van der Waals surface area contributed by atoms with E-state index in [-0.39, 0.29) is 11.9 Å². The van der Waals surface area contributed by atoms with Gasteiger partial charge in [0.1, 0.15) is 11.6 Å². The third kappa shape index (κ3) is 2.94. The minimum Gasteiger partial charge on any atom is -0.468 e. The number of halogens is 1. The van der Waals surface area contributed by atoms with E-state index >= 15 is 0 Å². The van der Waals surface area contributed by atoms with Gasteiger partial charge >= 0.3 is 0 Å². The molecule has 0 aliphatic carbocycles. The average molecular weight is 233 g/mol. The predicted octanol–water partition coefficient (Wildman–Crippen LogP) is 3.58. The molecule has 1 aromatic heterocycles. The third-order valence-corrected chi connectivity index (χ3v) is 2.88. The summed E-state index contributed by atoms with van der Waals surface area (Å²) in [5.74, 6) is 0.692.